The van der Waals surface area contributed by atoms with Crippen molar-refractivity contribution in [2.45, 2.75) is 0 Å². The molecular weight excluding hydrogens is 346 g/mol. The predicted molar refractivity (Wildman–Crippen MR) is 105 cm³/mol. The number of anilines is 1. The van der Waals surface area contributed by atoms with Gasteiger partial charge in [0, 0.05) is 22.2 Å². The van der Waals surface area contributed by atoms with E-state index in [-0.39, 0.29) is 11.7 Å². The summed E-state index contributed by atoms with van der Waals surface area (Å²) < 4.78 is 0. The van der Waals surface area contributed by atoms with Gasteiger partial charge in [0.1, 0.15) is 0 Å². The maximum Gasteiger partial charge on any atom is 0.248 e. The molecule has 0 heterocycles. The first-order chi connectivity index (χ1) is 12.6. The number of carbonyl (C=O) groups excluding carboxylic acids is 2. The van der Waals surface area contributed by atoms with E-state index in [1.807, 2.05) is 30.3 Å². The van der Waals surface area contributed by atoms with Gasteiger partial charge in [-0.15, -0.1) is 0 Å². The van der Waals surface area contributed by atoms with Crippen molar-refractivity contribution in [3.8, 4) is 0 Å². The van der Waals surface area contributed by atoms with E-state index in [9.17, 15) is 9.59 Å². The molecule has 3 nitrogen and oxygen atoms in total. The molecule has 0 unspecified atom stereocenters. The van der Waals surface area contributed by atoms with Crippen molar-refractivity contribution >= 4 is 35.1 Å². The van der Waals surface area contributed by atoms with Gasteiger partial charge >= 0.3 is 0 Å². The van der Waals surface area contributed by atoms with Crippen LogP contribution >= 0.6 is 11.6 Å². The van der Waals surface area contributed by atoms with Gasteiger partial charge in [-0.3, -0.25) is 9.59 Å². The van der Waals surface area contributed by atoms with Gasteiger partial charge in [-0.1, -0.05) is 66.2 Å². The topological polar surface area (TPSA) is 46.2 Å². The van der Waals surface area contributed by atoms with Crippen LogP contribution in [-0.4, -0.2) is 11.7 Å². The third-order valence-electron chi connectivity index (χ3n) is 3.76. The summed E-state index contributed by atoms with van der Waals surface area (Å²) in [5, 5.41) is 3.41. The first kappa shape index (κ1) is 17.6. The molecule has 0 saturated heterocycles. The van der Waals surface area contributed by atoms with Crippen molar-refractivity contribution in [3.05, 3.63) is 107 Å². The number of carbonyl (C=O) groups is 2. The third kappa shape index (κ3) is 4.47. The SMILES string of the molecule is O=C(/C=C/c1ccc(Cl)cc1)Nc1ccccc1C(=O)c1ccccc1. The smallest absolute Gasteiger partial charge is 0.248 e. The Labute approximate surface area is 156 Å². The maximum absolute atomic E-state index is 12.7. The number of hydrogen-bond acceptors (Lipinski definition) is 2. The van der Waals surface area contributed by atoms with Crippen LogP contribution in [0.3, 0.4) is 0 Å². The minimum Gasteiger partial charge on any atom is -0.322 e. The minimum absolute atomic E-state index is 0.136. The van der Waals surface area contributed by atoms with E-state index < -0.39 is 0 Å². The van der Waals surface area contributed by atoms with Gasteiger partial charge < -0.3 is 5.32 Å². The van der Waals surface area contributed by atoms with E-state index in [1.165, 1.54) is 6.08 Å². The summed E-state index contributed by atoms with van der Waals surface area (Å²) in [6, 6.07) is 23.1. The van der Waals surface area contributed by atoms with E-state index in [0.29, 0.717) is 21.8 Å². The molecule has 3 aromatic carbocycles. The zero-order valence-corrected chi connectivity index (χ0v) is 14.6. The third-order valence-corrected chi connectivity index (χ3v) is 4.01. The molecule has 0 radical (unpaired) electrons. The van der Waals surface area contributed by atoms with Crippen LogP contribution in [0.2, 0.25) is 5.02 Å². The summed E-state index contributed by atoms with van der Waals surface area (Å²) in [4.78, 5) is 24.9. The summed E-state index contributed by atoms with van der Waals surface area (Å²) in [5.74, 6) is -0.448. The lowest BCUT2D eigenvalue weighted by Gasteiger charge is -2.09. The van der Waals surface area contributed by atoms with Gasteiger partial charge in [-0.05, 0) is 35.9 Å². The summed E-state index contributed by atoms with van der Waals surface area (Å²) >= 11 is 5.84. The number of benzene rings is 3. The molecule has 0 saturated carbocycles. The first-order valence-electron chi connectivity index (χ1n) is 8.07. The Bertz CT molecular complexity index is 947. The molecule has 3 aromatic rings. The van der Waals surface area contributed by atoms with Gasteiger partial charge in [0.2, 0.25) is 5.91 Å². The Morgan fingerprint density at radius 1 is 0.808 bits per heavy atom. The number of halogens is 1. The Kier molecular flexibility index (Phi) is 5.62. The van der Waals surface area contributed by atoms with Gasteiger partial charge in [0.15, 0.2) is 5.78 Å². The normalized spacial score (nSPS) is 10.7. The van der Waals surface area contributed by atoms with Gasteiger partial charge in [-0.2, -0.15) is 0 Å². The number of nitrogens with one attached hydrogen (secondary N) is 1. The molecule has 0 aliphatic rings. The minimum atomic E-state index is -0.312. The van der Waals surface area contributed by atoms with Gasteiger partial charge in [-0.25, -0.2) is 0 Å². The molecule has 0 aliphatic carbocycles. The summed E-state index contributed by atoms with van der Waals surface area (Å²) in [7, 11) is 0. The largest absolute Gasteiger partial charge is 0.322 e. The van der Waals surface area contributed by atoms with E-state index in [2.05, 4.69) is 5.32 Å². The molecule has 0 aromatic heterocycles. The number of rotatable bonds is 5. The van der Waals surface area contributed by atoms with Crippen LogP contribution in [0.5, 0.6) is 0 Å². The van der Waals surface area contributed by atoms with Crippen LogP contribution in [0.15, 0.2) is 84.9 Å². The number of hydrogen-bond donors (Lipinski definition) is 1. The number of amides is 1. The highest BCUT2D eigenvalue weighted by Crippen LogP contribution is 2.19. The highest BCUT2D eigenvalue weighted by molar-refractivity contribution is 6.30. The van der Waals surface area contributed by atoms with Crippen LogP contribution in [0.1, 0.15) is 21.5 Å². The van der Waals surface area contributed by atoms with Gasteiger partial charge in [0.25, 0.3) is 0 Å². The molecule has 0 bridgehead atoms. The van der Waals surface area contributed by atoms with Crippen molar-refractivity contribution in [2.75, 3.05) is 5.32 Å². The molecular formula is C22H16ClNO2. The Morgan fingerprint density at radius 2 is 1.46 bits per heavy atom. The second-order valence-corrected chi connectivity index (χ2v) is 6.05. The van der Waals surface area contributed by atoms with Crippen LogP contribution in [-0.2, 0) is 4.79 Å². The molecule has 128 valence electrons. The molecule has 1 N–H and O–H groups in total. The van der Waals surface area contributed by atoms with E-state index in [1.54, 1.807) is 54.6 Å². The fraction of sp³-hybridized carbons (Fsp3) is 0. The lowest BCUT2D eigenvalue weighted by Crippen LogP contribution is -2.12. The molecule has 1 amide bonds. The quantitative estimate of drug-likeness (QED) is 0.500. The van der Waals surface area contributed by atoms with Crippen LogP contribution in [0.4, 0.5) is 5.69 Å². The molecule has 4 heteroatoms. The Morgan fingerprint density at radius 3 is 2.19 bits per heavy atom. The van der Waals surface area contributed by atoms with Crippen molar-refractivity contribution in [2.24, 2.45) is 0 Å². The van der Waals surface area contributed by atoms with E-state index >= 15 is 0 Å². The second kappa shape index (κ2) is 8.28. The van der Waals surface area contributed by atoms with Crippen molar-refractivity contribution in [1.29, 1.82) is 0 Å². The molecule has 0 fully saturated rings. The lowest BCUT2D eigenvalue weighted by atomic mass is 10.0. The monoisotopic (exact) mass is 361 g/mol. The highest BCUT2D eigenvalue weighted by Gasteiger charge is 2.13. The predicted octanol–water partition coefficient (Wildman–Crippen LogP) is 5.22. The second-order valence-electron chi connectivity index (χ2n) is 5.61. The zero-order valence-electron chi connectivity index (χ0n) is 13.9. The molecule has 0 atom stereocenters. The Balaban J connectivity index is 1.77. The van der Waals surface area contributed by atoms with Crippen LogP contribution in [0, 0.1) is 0 Å². The average Bonchev–Trinajstić information content (AvgIpc) is 2.68. The molecule has 0 aliphatic heterocycles. The fourth-order valence-corrected chi connectivity index (χ4v) is 2.58. The van der Waals surface area contributed by atoms with Gasteiger partial charge in [0.05, 0.1) is 5.69 Å². The van der Waals surface area contributed by atoms with E-state index in [4.69, 9.17) is 11.6 Å². The fourth-order valence-electron chi connectivity index (χ4n) is 2.46. The standard InChI is InChI=1S/C22H16ClNO2/c23-18-13-10-16(11-14-18)12-15-21(25)24-20-9-5-4-8-19(20)22(26)17-6-2-1-3-7-17/h1-15H,(H,24,25)/b15-12+. The Hall–Kier alpha value is -3.17. The lowest BCUT2D eigenvalue weighted by molar-refractivity contribution is -0.111. The van der Waals surface area contributed by atoms with E-state index in [0.717, 1.165) is 5.56 Å². The first-order valence-corrected chi connectivity index (χ1v) is 8.45. The maximum atomic E-state index is 12.7. The number of ketones is 1. The van der Waals surface area contributed by atoms with Crippen molar-refractivity contribution in [1.82, 2.24) is 0 Å². The summed E-state index contributed by atoms with van der Waals surface area (Å²) in [5.41, 5.74) is 2.36. The van der Waals surface area contributed by atoms with Crippen LogP contribution in [0.25, 0.3) is 6.08 Å². The highest BCUT2D eigenvalue weighted by atomic mass is 35.5. The summed E-state index contributed by atoms with van der Waals surface area (Å²) in [6.07, 6.45) is 3.11. The van der Waals surface area contributed by atoms with Crippen molar-refractivity contribution in [3.63, 3.8) is 0 Å². The average molecular weight is 362 g/mol. The van der Waals surface area contributed by atoms with Crippen LogP contribution < -0.4 is 5.32 Å². The van der Waals surface area contributed by atoms with Crippen molar-refractivity contribution < 1.29 is 9.59 Å². The molecule has 26 heavy (non-hydrogen) atoms. The zero-order chi connectivity index (χ0) is 18.4. The molecule has 3 rings (SSSR count). The number of para-hydroxylation sites is 1. The molecule has 0 spiro atoms. The summed E-state index contributed by atoms with van der Waals surface area (Å²) in [6.45, 7) is 0.